The maximum Gasteiger partial charge on any atom is 0.269 e. The summed E-state index contributed by atoms with van der Waals surface area (Å²) in [4.78, 5) is 23.1. The van der Waals surface area contributed by atoms with E-state index in [-0.39, 0.29) is 17.9 Å². The van der Waals surface area contributed by atoms with Gasteiger partial charge >= 0.3 is 0 Å². The second-order valence-corrected chi connectivity index (χ2v) is 6.22. The summed E-state index contributed by atoms with van der Waals surface area (Å²) in [6.45, 7) is 0. The van der Waals surface area contributed by atoms with Gasteiger partial charge in [0.1, 0.15) is 5.71 Å². The number of rotatable bonds is 8. The first-order valence-electron chi connectivity index (χ1n) is 8.80. The van der Waals surface area contributed by atoms with Gasteiger partial charge in [-0.2, -0.15) is 5.10 Å². The predicted molar refractivity (Wildman–Crippen MR) is 109 cm³/mol. The Labute approximate surface area is 162 Å². The Morgan fingerprint density at radius 1 is 0.821 bits per heavy atom. The summed E-state index contributed by atoms with van der Waals surface area (Å²) >= 11 is 0. The van der Waals surface area contributed by atoms with Gasteiger partial charge in [-0.05, 0) is 23.3 Å². The molecule has 0 amide bonds. The number of hydrazone groups is 1. The lowest BCUT2D eigenvalue weighted by molar-refractivity contribution is -0.384. The van der Waals surface area contributed by atoms with E-state index in [1.54, 1.807) is 12.1 Å². The smallest absolute Gasteiger partial charge is 0.269 e. The Bertz CT molecular complexity index is 969. The van der Waals surface area contributed by atoms with E-state index in [0.717, 1.165) is 11.1 Å². The number of nitrogens with zero attached hydrogens (tertiary/aromatic N) is 2. The van der Waals surface area contributed by atoms with Crippen LogP contribution in [0, 0.1) is 10.1 Å². The summed E-state index contributed by atoms with van der Waals surface area (Å²) in [6, 6.07) is 25.0. The molecule has 6 heteroatoms. The number of nitro groups is 1. The van der Waals surface area contributed by atoms with Gasteiger partial charge in [-0.1, -0.05) is 60.7 Å². The molecule has 0 saturated heterocycles. The van der Waals surface area contributed by atoms with Gasteiger partial charge in [0.15, 0.2) is 5.78 Å². The quantitative estimate of drug-likeness (QED) is 0.360. The normalized spacial score (nSPS) is 11.1. The zero-order valence-corrected chi connectivity index (χ0v) is 15.1. The number of carbonyl (C=O) groups is 1. The van der Waals surface area contributed by atoms with Gasteiger partial charge in [0.25, 0.3) is 5.69 Å². The minimum Gasteiger partial charge on any atom is -0.292 e. The molecule has 0 radical (unpaired) electrons. The Morgan fingerprint density at radius 2 is 1.36 bits per heavy atom. The van der Waals surface area contributed by atoms with Gasteiger partial charge in [0.05, 0.1) is 10.6 Å². The maximum atomic E-state index is 12.8. The van der Waals surface area contributed by atoms with Crippen molar-refractivity contribution in [3.63, 3.8) is 0 Å². The molecule has 3 aromatic carbocycles. The van der Waals surface area contributed by atoms with E-state index in [2.05, 4.69) is 10.5 Å². The minimum atomic E-state index is -0.461. The summed E-state index contributed by atoms with van der Waals surface area (Å²) in [6.07, 6.45) is 0.654. The molecule has 6 nitrogen and oxygen atoms in total. The SMILES string of the molecule is O=C(Cc1ccccc1)/C(Cc1ccccc1)=N\Nc1ccc([N+](=O)[O-])cc1. The molecule has 0 aromatic heterocycles. The van der Waals surface area contributed by atoms with E-state index >= 15 is 0 Å². The Morgan fingerprint density at radius 3 is 1.89 bits per heavy atom. The van der Waals surface area contributed by atoms with E-state index in [9.17, 15) is 14.9 Å². The number of benzene rings is 3. The fourth-order valence-electron chi connectivity index (χ4n) is 2.66. The second kappa shape index (κ2) is 9.23. The van der Waals surface area contributed by atoms with Gasteiger partial charge in [-0.25, -0.2) is 0 Å². The largest absolute Gasteiger partial charge is 0.292 e. The van der Waals surface area contributed by atoms with Crippen molar-refractivity contribution in [2.24, 2.45) is 5.10 Å². The molecule has 0 fully saturated rings. The Kier molecular flexibility index (Phi) is 6.25. The number of carbonyl (C=O) groups excluding carboxylic acids is 1. The number of hydrogen-bond acceptors (Lipinski definition) is 5. The van der Waals surface area contributed by atoms with Crippen LogP contribution in [-0.4, -0.2) is 16.4 Å². The van der Waals surface area contributed by atoms with Crippen LogP contribution in [0.2, 0.25) is 0 Å². The van der Waals surface area contributed by atoms with Crippen LogP contribution in [0.4, 0.5) is 11.4 Å². The predicted octanol–water partition coefficient (Wildman–Crippen LogP) is 4.42. The van der Waals surface area contributed by atoms with Crippen molar-refractivity contribution < 1.29 is 9.72 Å². The molecule has 0 atom stereocenters. The second-order valence-electron chi connectivity index (χ2n) is 6.22. The molecule has 0 aliphatic rings. The van der Waals surface area contributed by atoms with Gasteiger partial charge in [0, 0.05) is 25.0 Å². The molecule has 140 valence electrons. The highest BCUT2D eigenvalue weighted by molar-refractivity contribution is 6.40. The molecular formula is C22H19N3O3. The lowest BCUT2D eigenvalue weighted by atomic mass is 10.0. The van der Waals surface area contributed by atoms with Crippen LogP contribution in [0.25, 0.3) is 0 Å². The van der Waals surface area contributed by atoms with E-state index < -0.39 is 4.92 Å². The van der Waals surface area contributed by atoms with Gasteiger partial charge in [0.2, 0.25) is 0 Å². The fourth-order valence-corrected chi connectivity index (χ4v) is 2.66. The van der Waals surface area contributed by atoms with Crippen LogP contribution in [0.15, 0.2) is 90.0 Å². The fraction of sp³-hybridized carbons (Fsp3) is 0.0909. The summed E-state index contributed by atoms with van der Waals surface area (Å²) in [7, 11) is 0. The highest BCUT2D eigenvalue weighted by Crippen LogP contribution is 2.15. The average Bonchev–Trinajstić information content (AvgIpc) is 2.73. The summed E-state index contributed by atoms with van der Waals surface area (Å²) in [5.74, 6) is -0.0792. The molecule has 28 heavy (non-hydrogen) atoms. The third-order valence-corrected chi connectivity index (χ3v) is 4.14. The Hall–Kier alpha value is -3.80. The third kappa shape index (κ3) is 5.35. The molecule has 0 bridgehead atoms. The summed E-state index contributed by atoms with van der Waals surface area (Å²) in [5.41, 5.74) is 5.71. The van der Waals surface area contributed by atoms with Crippen molar-refractivity contribution in [1.82, 2.24) is 0 Å². The standard InChI is InChI=1S/C22H19N3O3/c26-22(16-18-9-5-2-6-10-18)21(15-17-7-3-1-4-8-17)24-23-19-11-13-20(14-12-19)25(27)28/h1-14,23H,15-16H2/b24-21-. The monoisotopic (exact) mass is 373 g/mol. The minimum absolute atomic E-state index is 0.000748. The van der Waals surface area contributed by atoms with Crippen molar-refractivity contribution in [1.29, 1.82) is 0 Å². The van der Waals surface area contributed by atoms with E-state index in [4.69, 9.17) is 0 Å². The molecule has 0 saturated carbocycles. The molecule has 0 unspecified atom stereocenters. The average molecular weight is 373 g/mol. The number of non-ortho nitro benzene ring substituents is 1. The van der Waals surface area contributed by atoms with Crippen LogP contribution < -0.4 is 5.43 Å². The maximum absolute atomic E-state index is 12.8. The third-order valence-electron chi connectivity index (χ3n) is 4.14. The molecule has 1 N–H and O–H groups in total. The van der Waals surface area contributed by atoms with Crippen LogP contribution in [-0.2, 0) is 17.6 Å². The van der Waals surface area contributed by atoms with E-state index in [1.165, 1.54) is 12.1 Å². The van der Waals surface area contributed by atoms with E-state index in [0.29, 0.717) is 17.8 Å². The van der Waals surface area contributed by atoms with Crippen molar-refractivity contribution in [3.05, 3.63) is 106 Å². The van der Waals surface area contributed by atoms with Crippen molar-refractivity contribution in [3.8, 4) is 0 Å². The lowest BCUT2D eigenvalue weighted by Gasteiger charge is -2.08. The van der Waals surface area contributed by atoms with Crippen LogP contribution in [0.5, 0.6) is 0 Å². The van der Waals surface area contributed by atoms with Crippen LogP contribution >= 0.6 is 0 Å². The summed E-state index contributed by atoms with van der Waals surface area (Å²) in [5, 5.41) is 15.1. The highest BCUT2D eigenvalue weighted by Gasteiger charge is 2.14. The number of ketones is 1. The molecule has 0 aliphatic carbocycles. The van der Waals surface area contributed by atoms with Crippen LogP contribution in [0.3, 0.4) is 0 Å². The van der Waals surface area contributed by atoms with E-state index in [1.807, 2.05) is 60.7 Å². The van der Waals surface area contributed by atoms with Crippen molar-refractivity contribution in [2.75, 3.05) is 5.43 Å². The van der Waals surface area contributed by atoms with Gasteiger partial charge < -0.3 is 0 Å². The number of hydrogen-bond donors (Lipinski definition) is 1. The number of nitro benzene ring substituents is 1. The number of Topliss-reactive ketones (excluding diaryl/α,β-unsaturated/α-hetero) is 1. The zero-order valence-electron chi connectivity index (χ0n) is 15.1. The topological polar surface area (TPSA) is 84.6 Å². The molecule has 0 heterocycles. The Balaban J connectivity index is 1.79. The van der Waals surface area contributed by atoms with Crippen molar-refractivity contribution in [2.45, 2.75) is 12.8 Å². The zero-order chi connectivity index (χ0) is 19.8. The molecular weight excluding hydrogens is 354 g/mol. The number of anilines is 1. The van der Waals surface area contributed by atoms with Crippen LogP contribution in [0.1, 0.15) is 11.1 Å². The lowest BCUT2D eigenvalue weighted by Crippen LogP contribution is -2.20. The molecule has 3 aromatic rings. The first-order chi connectivity index (χ1) is 13.6. The first-order valence-corrected chi connectivity index (χ1v) is 8.80. The first kappa shape index (κ1) is 19.0. The van der Waals surface area contributed by atoms with Crippen molar-refractivity contribution >= 4 is 22.9 Å². The van der Waals surface area contributed by atoms with Gasteiger partial charge in [-0.3, -0.25) is 20.3 Å². The highest BCUT2D eigenvalue weighted by atomic mass is 16.6. The molecule has 0 aliphatic heterocycles. The summed E-state index contributed by atoms with van der Waals surface area (Å²) < 4.78 is 0. The van der Waals surface area contributed by atoms with Gasteiger partial charge in [-0.15, -0.1) is 0 Å². The molecule has 3 rings (SSSR count). The number of nitrogens with one attached hydrogen (secondary N) is 1. The molecule has 0 spiro atoms.